The standard InChI is InChI=1S/C11H18F3NO2/c12-11(13,14)8-17-10(16)15-9-6-4-2-1-3-5-7-9/h9H,1-8H2,(H,15,16). The van der Waals surface area contributed by atoms with Gasteiger partial charge in [-0.3, -0.25) is 0 Å². The van der Waals surface area contributed by atoms with Gasteiger partial charge in [0.1, 0.15) is 0 Å². The van der Waals surface area contributed by atoms with Crippen LogP contribution in [0, 0.1) is 0 Å². The third-order valence-corrected chi connectivity index (χ3v) is 2.79. The van der Waals surface area contributed by atoms with Crippen LogP contribution in [0.4, 0.5) is 18.0 Å². The molecule has 0 spiro atoms. The van der Waals surface area contributed by atoms with Crippen molar-refractivity contribution < 1.29 is 22.7 Å². The summed E-state index contributed by atoms with van der Waals surface area (Å²) >= 11 is 0. The number of amides is 1. The first-order chi connectivity index (χ1) is 7.97. The second-order valence-electron chi connectivity index (χ2n) is 4.38. The van der Waals surface area contributed by atoms with Gasteiger partial charge in [0.2, 0.25) is 0 Å². The molecule has 1 aliphatic rings. The maximum absolute atomic E-state index is 11.8. The Hall–Kier alpha value is -0.940. The van der Waals surface area contributed by atoms with Gasteiger partial charge in [-0.25, -0.2) is 4.79 Å². The van der Waals surface area contributed by atoms with Gasteiger partial charge in [-0.1, -0.05) is 32.1 Å². The number of ether oxygens (including phenoxy) is 1. The first kappa shape index (κ1) is 14.1. The average molecular weight is 253 g/mol. The van der Waals surface area contributed by atoms with Crippen molar-refractivity contribution in [2.24, 2.45) is 0 Å². The van der Waals surface area contributed by atoms with Gasteiger partial charge in [-0.2, -0.15) is 13.2 Å². The van der Waals surface area contributed by atoms with Crippen LogP contribution in [0.1, 0.15) is 44.9 Å². The normalized spacial score (nSPS) is 19.2. The summed E-state index contributed by atoms with van der Waals surface area (Å²) in [5, 5.41) is 2.50. The van der Waals surface area contributed by atoms with Crippen molar-refractivity contribution in [2.75, 3.05) is 6.61 Å². The molecule has 0 aromatic rings. The molecule has 1 amide bonds. The highest BCUT2D eigenvalue weighted by molar-refractivity contribution is 5.67. The molecule has 6 heteroatoms. The predicted molar refractivity (Wildman–Crippen MR) is 56.6 cm³/mol. The van der Waals surface area contributed by atoms with Gasteiger partial charge in [0, 0.05) is 6.04 Å². The van der Waals surface area contributed by atoms with Crippen LogP contribution in [0.25, 0.3) is 0 Å². The number of alkyl carbamates (subject to hydrolysis) is 1. The Morgan fingerprint density at radius 3 is 2.18 bits per heavy atom. The molecule has 1 rings (SSSR count). The van der Waals surface area contributed by atoms with E-state index in [2.05, 4.69) is 10.1 Å². The van der Waals surface area contributed by atoms with Crippen LogP contribution < -0.4 is 5.32 Å². The lowest BCUT2D eigenvalue weighted by Gasteiger charge is -2.20. The van der Waals surface area contributed by atoms with E-state index in [1.54, 1.807) is 0 Å². The highest BCUT2D eigenvalue weighted by Gasteiger charge is 2.30. The zero-order valence-corrected chi connectivity index (χ0v) is 9.68. The summed E-state index contributed by atoms with van der Waals surface area (Å²) in [4.78, 5) is 11.1. The highest BCUT2D eigenvalue weighted by atomic mass is 19.4. The number of nitrogens with one attached hydrogen (secondary N) is 1. The van der Waals surface area contributed by atoms with Crippen molar-refractivity contribution in [3.63, 3.8) is 0 Å². The minimum absolute atomic E-state index is 0.0453. The van der Waals surface area contributed by atoms with Crippen molar-refractivity contribution in [3.8, 4) is 0 Å². The Balaban J connectivity index is 2.23. The molecule has 100 valence electrons. The number of halogens is 3. The monoisotopic (exact) mass is 253 g/mol. The summed E-state index contributed by atoms with van der Waals surface area (Å²) in [5.74, 6) is 0. The number of carbonyl (C=O) groups is 1. The number of carbonyl (C=O) groups excluding carboxylic acids is 1. The van der Waals surface area contributed by atoms with Gasteiger partial charge in [0.05, 0.1) is 0 Å². The Morgan fingerprint density at radius 1 is 1.12 bits per heavy atom. The zero-order valence-electron chi connectivity index (χ0n) is 9.68. The van der Waals surface area contributed by atoms with E-state index >= 15 is 0 Å². The Bertz CT molecular complexity index is 235. The first-order valence-electron chi connectivity index (χ1n) is 5.97. The van der Waals surface area contributed by atoms with Crippen LogP contribution in [0.3, 0.4) is 0 Å². The van der Waals surface area contributed by atoms with Gasteiger partial charge in [-0.05, 0) is 12.8 Å². The minimum Gasteiger partial charge on any atom is -0.440 e. The topological polar surface area (TPSA) is 38.3 Å². The Labute approximate surface area is 98.7 Å². The zero-order chi connectivity index (χ0) is 12.7. The van der Waals surface area contributed by atoms with E-state index in [-0.39, 0.29) is 6.04 Å². The summed E-state index contributed by atoms with van der Waals surface area (Å²) in [5.41, 5.74) is 0. The number of rotatable bonds is 2. The molecule has 1 saturated carbocycles. The van der Waals surface area contributed by atoms with Gasteiger partial charge in [-0.15, -0.1) is 0 Å². The summed E-state index contributed by atoms with van der Waals surface area (Å²) in [6.07, 6.45) is 1.67. The summed E-state index contributed by atoms with van der Waals surface area (Å²) in [7, 11) is 0. The average Bonchev–Trinajstić information content (AvgIpc) is 2.18. The van der Waals surface area contributed by atoms with Crippen molar-refractivity contribution in [2.45, 2.75) is 57.2 Å². The fraction of sp³-hybridized carbons (Fsp3) is 0.909. The summed E-state index contributed by atoms with van der Waals surface area (Å²) in [6.45, 7) is -1.52. The maximum atomic E-state index is 11.8. The van der Waals surface area contributed by atoms with Crippen LogP contribution in [-0.2, 0) is 4.74 Å². The molecule has 3 nitrogen and oxygen atoms in total. The molecular formula is C11H18F3NO2. The lowest BCUT2D eigenvalue weighted by atomic mass is 9.97. The lowest BCUT2D eigenvalue weighted by Crippen LogP contribution is -2.37. The van der Waals surface area contributed by atoms with E-state index < -0.39 is 18.9 Å². The van der Waals surface area contributed by atoms with E-state index in [1.807, 2.05) is 0 Å². The van der Waals surface area contributed by atoms with Gasteiger partial charge in [0.25, 0.3) is 0 Å². The third kappa shape index (κ3) is 7.07. The van der Waals surface area contributed by atoms with Crippen LogP contribution in [-0.4, -0.2) is 24.9 Å². The molecule has 1 fully saturated rings. The lowest BCUT2D eigenvalue weighted by molar-refractivity contribution is -0.160. The predicted octanol–water partition coefficient (Wildman–Crippen LogP) is 3.39. The van der Waals surface area contributed by atoms with Crippen LogP contribution >= 0.6 is 0 Å². The smallest absolute Gasteiger partial charge is 0.422 e. The molecular weight excluding hydrogens is 235 g/mol. The van der Waals surface area contributed by atoms with Crippen LogP contribution in [0.5, 0.6) is 0 Å². The van der Waals surface area contributed by atoms with Crippen molar-refractivity contribution in [1.29, 1.82) is 0 Å². The molecule has 17 heavy (non-hydrogen) atoms. The molecule has 0 aliphatic heterocycles. The fourth-order valence-corrected chi connectivity index (χ4v) is 1.96. The van der Waals surface area contributed by atoms with Crippen molar-refractivity contribution >= 4 is 6.09 Å². The number of hydrogen-bond acceptors (Lipinski definition) is 2. The number of hydrogen-bond donors (Lipinski definition) is 1. The van der Waals surface area contributed by atoms with E-state index in [0.29, 0.717) is 0 Å². The maximum Gasteiger partial charge on any atom is 0.422 e. The van der Waals surface area contributed by atoms with Crippen LogP contribution in [0.15, 0.2) is 0 Å². The third-order valence-electron chi connectivity index (χ3n) is 2.79. The first-order valence-corrected chi connectivity index (χ1v) is 5.97. The summed E-state index contributed by atoms with van der Waals surface area (Å²) in [6, 6.07) is -0.0453. The SMILES string of the molecule is O=C(NC1CCCCCCC1)OCC(F)(F)F. The molecule has 0 unspecified atom stereocenters. The molecule has 0 heterocycles. The van der Waals surface area contributed by atoms with E-state index in [1.165, 1.54) is 6.42 Å². The Morgan fingerprint density at radius 2 is 1.65 bits per heavy atom. The van der Waals surface area contributed by atoms with Gasteiger partial charge >= 0.3 is 12.3 Å². The molecule has 1 N–H and O–H groups in total. The van der Waals surface area contributed by atoms with E-state index in [4.69, 9.17) is 0 Å². The molecule has 0 atom stereocenters. The molecule has 0 bridgehead atoms. The second kappa shape index (κ2) is 6.71. The highest BCUT2D eigenvalue weighted by Crippen LogP contribution is 2.18. The Kier molecular flexibility index (Phi) is 5.58. The van der Waals surface area contributed by atoms with Crippen molar-refractivity contribution in [1.82, 2.24) is 5.32 Å². The van der Waals surface area contributed by atoms with Crippen LogP contribution in [0.2, 0.25) is 0 Å². The minimum atomic E-state index is -4.46. The quantitative estimate of drug-likeness (QED) is 0.819. The fourth-order valence-electron chi connectivity index (χ4n) is 1.96. The van der Waals surface area contributed by atoms with Gasteiger partial charge in [0.15, 0.2) is 6.61 Å². The molecule has 0 aromatic carbocycles. The van der Waals surface area contributed by atoms with E-state index in [9.17, 15) is 18.0 Å². The molecule has 0 radical (unpaired) electrons. The largest absolute Gasteiger partial charge is 0.440 e. The summed E-state index contributed by atoms with van der Waals surface area (Å²) < 4.78 is 39.5. The molecule has 1 aliphatic carbocycles. The number of alkyl halides is 3. The van der Waals surface area contributed by atoms with Crippen molar-refractivity contribution in [3.05, 3.63) is 0 Å². The van der Waals surface area contributed by atoms with E-state index in [0.717, 1.165) is 38.5 Å². The molecule has 0 saturated heterocycles. The van der Waals surface area contributed by atoms with Gasteiger partial charge < -0.3 is 10.1 Å². The second-order valence-corrected chi connectivity index (χ2v) is 4.38. The molecule has 0 aromatic heterocycles.